The summed E-state index contributed by atoms with van der Waals surface area (Å²) in [6.45, 7) is 1.59. The van der Waals surface area contributed by atoms with Crippen LogP contribution in [0.4, 0.5) is 4.79 Å². The highest BCUT2D eigenvalue weighted by Gasteiger charge is 2.17. The van der Waals surface area contributed by atoms with Crippen LogP contribution in [0, 0.1) is 0 Å². The Labute approximate surface area is 63.9 Å². The minimum Gasteiger partial charge on any atom is -0.437 e. The average Bonchev–Trinajstić information content (AvgIpc) is 2.02. The van der Waals surface area contributed by atoms with E-state index in [2.05, 4.69) is 9.47 Å². The number of hydrogen-bond acceptors (Lipinski definition) is 5. The minimum absolute atomic E-state index is 0.204. The van der Waals surface area contributed by atoms with E-state index in [9.17, 15) is 9.59 Å². The number of carbonyl (C=O) groups is 2. The molecular weight excluding hydrogens is 152 g/mol. The smallest absolute Gasteiger partial charge is 0.437 e. The van der Waals surface area contributed by atoms with E-state index in [1.807, 2.05) is 0 Å². The number of rotatable bonds is 2. The first-order chi connectivity index (χ1) is 5.11. The quantitative estimate of drug-likeness (QED) is 0.459. The summed E-state index contributed by atoms with van der Waals surface area (Å²) in [5.74, 6) is -0.987. The summed E-state index contributed by atoms with van der Waals surface area (Å²) in [7, 11) is 1.08. The zero-order valence-corrected chi connectivity index (χ0v) is 6.36. The molecule has 0 radical (unpaired) electrons. The molecule has 0 bridgehead atoms. The van der Waals surface area contributed by atoms with Gasteiger partial charge in [-0.25, -0.2) is 9.59 Å². The van der Waals surface area contributed by atoms with Gasteiger partial charge in [-0.2, -0.15) is 0 Å². The second-order valence-corrected chi connectivity index (χ2v) is 1.80. The topological polar surface area (TPSA) is 72.8 Å². The Morgan fingerprint density at radius 2 is 2.09 bits per heavy atom. The lowest BCUT2D eigenvalue weighted by atomic mass is 10.3. The number of hydrogen-bond donors (Lipinski definition) is 1. The van der Waals surface area contributed by atoms with Gasteiger partial charge in [-0.3, -0.25) is 0 Å². The highest BCUT2D eigenvalue weighted by molar-refractivity contribution is 5.84. The number of carbonyl (C=O) groups excluding carboxylic acids is 2. The minimum atomic E-state index is -1.26. The first kappa shape index (κ1) is 9.90. The highest BCUT2D eigenvalue weighted by atomic mass is 16.7. The summed E-state index contributed by atoms with van der Waals surface area (Å²) >= 11 is 0. The maximum Gasteiger partial charge on any atom is 0.515 e. The Hall–Kier alpha value is -1.10. The molecule has 0 saturated heterocycles. The predicted octanol–water partition coefficient (Wildman–Crippen LogP) is 0.0669. The molecule has 0 amide bonds. The van der Waals surface area contributed by atoms with E-state index in [1.165, 1.54) is 0 Å². The van der Waals surface area contributed by atoms with Gasteiger partial charge in [0.25, 0.3) is 0 Å². The molecule has 1 atom stereocenters. The van der Waals surface area contributed by atoms with Gasteiger partial charge in [-0.15, -0.1) is 0 Å². The molecule has 0 aliphatic carbocycles. The van der Waals surface area contributed by atoms with Crippen LogP contribution in [0.1, 0.15) is 13.3 Å². The average molecular weight is 162 g/mol. The number of methoxy groups -OCH3 is 1. The lowest BCUT2D eigenvalue weighted by Gasteiger charge is -2.04. The van der Waals surface area contributed by atoms with E-state index in [-0.39, 0.29) is 6.42 Å². The van der Waals surface area contributed by atoms with Gasteiger partial charge in [0.1, 0.15) is 0 Å². The van der Waals surface area contributed by atoms with Crippen molar-refractivity contribution in [3.8, 4) is 0 Å². The number of aliphatic hydroxyl groups is 1. The fourth-order valence-corrected chi connectivity index (χ4v) is 0.358. The third-order valence-corrected chi connectivity index (χ3v) is 1.01. The van der Waals surface area contributed by atoms with Crippen molar-refractivity contribution in [1.29, 1.82) is 0 Å². The molecule has 1 N–H and O–H groups in total. The summed E-state index contributed by atoms with van der Waals surface area (Å²) in [6, 6.07) is 0. The van der Waals surface area contributed by atoms with Crippen LogP contribution in [0.5, 0.6) is 0 Å². The summed E-state index contributed by atoms with van der Waals surface area (Å²) in [5.41, 5.74) is 0. The van der Waals surface area contributed by atoms with Gasteiger partial charge in [-0.1, -0.05) is 6.92 Å². The molecule has 0 aliphatic rings. The lowest BCUT2D eigenvalue weighted by molar-refractivity contribution is -0.149. The lowest BCUT2D eigenvalue weighted by Crippen LogP contribution is -2.24. The van der Waals surface area contributed by atoms with Crippen LogP contribution in [-0.2, 0) is 14.3 Å². The molecule has 0 heterocycles. The van der Waals surface area contributed by atoms with Crippen molar-refractivity contribution in [1.82, 2.24) is 0 Å². The van der Waals surface area contributed by atoms with Gasteiger partial charge in [0, 0.05) is 0 Å². The van der Waals surface area contributed by atoms with E-state index in [0.717, 1.165) is 7.11 Å². The van der Waals surface area contributed by atoms with Crippen LogP contribution in [0.3, 0.4) is 0 Å². The van der Waals surface area contributed by atoms with Crippen LogP contribution in [0.15, 0.2) is 0 Å². The van der Waals surface area contributed by atoms with E-state index < -0.39 is 18.2 Å². The maximum absolute atomic E-state index is 10.6. The monoisotopic (exact) mass is 162 g/mol. The fourth-order valence-electron chi connectivity index (χ4n) is 0.358. The third kappa shape index (κ3) is 3.57. The molecule has 5 heteroatoms. The largest absolute Gasteiger partial charge is 0.515 e. The van der Waals surface area contributed by atoms with Gasteiger partial charge in [0.15, 0.2) is 6.10 Å². The SMILES string of the molecule is CCC(O)C(=O)OC(=O)OC. The van der Waals surface area contributed by atoms with E-state index in [4.69, 9.17) is 5.11 Å². The van der Waals surface area contributed by atoms with Crippen LogP contribution < -0.4 is 0 Å². The van der Waals surface area contributed by atoms with Gasteiger partial charge < -0.3 is 14.6 Å². The van der Waals surface area contributed by atoms with E-state index in [0.29, 0.717) is 0 Å². The van der Waals surface area contributed by atoms with Crippen molar-refractivity contribution < 1.29 is 24.2 Å². The molecular formula is C6H10O5. The first-order valence-electron chi connectivity index (χ1n) is 3.09. The Bertz CT molecular complexity index is 153. The molecule has 0 aromatic carbocycles. The molecule has 64 valence electrons. The van der Waals surface area contributed by atoms with E-state index in [1.54, 1.807) is 6.92 Å². The summed E-state index contributed by atoms with van der Waals surface area (Å²) in [6.07, 6.45) is -2.16. The summed E-state index contributed by atoms with van der Waals surface area (Å²) in [4.78, 5) is 20.8. The normalized spacial score (nSPS) is 11.9. The van der Waals surface area contributed by atoms with Crippen LogP contribution in [0.2, 0.25) is 0 Å². The third-order valence-electron chi connectivity index (χ3n) is 1.01. The van der Waals surface area contributed by atoms with Crippen LogP contribution in [-0.4, -0.2) is 30.4 Å². The Morgan fingerprint density at radius 3 is 2.45 bits per heavy atom. The molecule has 0 aliphatic heterocycles. The molecule has 0 rings (SSSR count). The predicted molar refractivity (Wildman–Crippen MR) is 34.8 cm³/mol. The van der Waals surface area contributed by atoms with Crippen LogP contribution >= 0.6 is 0 Å². The first-order valence-corrected chi connectivity index (χ1v) is 3.09. The second-order valence-electron chi connectivity index (χ2n) is 1.80. The standard InChI is InChI=1S/C6H10O5/c1-3-4(7)5(8)11-6(9)10-2/h4,7H,3H2,1-2H3. The Balaban J connectivity index is 3.77. The molecule has 1 unspecified atom stereocenters. The van der Waals surface area contributed by atoms with Crippen molar-refractivity contribution >= 4 is 12.1 Å². The molecule has 0 fully saturated rings. The highest BCUT2D eigenvalue weighted by Crippen LogP contribution is 1.94. The van der Waals surface area contributed by atoms with E-state index >= 15 is 0 Å². The van der Waals surface area contributed by atoms with Gasteiger partial charge in [0.2, 0.25) is 0 Å². The molecule has 0 aromatic rings. The summed E-state index contributed by atoms with van der Waals surface area (Å²) in [5, 5.41) is 8.79. The Morgan fingerprint density at radius 1 is 1.55 bits per heavy atom. The zero-order valence-electron chi connectivity index (χ0n) is 6.36. The van der Waals surface area contributed by atoms with Crippen LogP contribution in [0.25, 0.3) is 0 Å². The van der Waals surface area contributed by atoms with Gasteiger partial charge >= 0.3 is 12.1 Å². The number of ether oxygens (including phenoxy) is 2. The molecule has 0 saturated carbocycles. The summed E-state index contributed by atoms with van der Waals surface area (Å²) < 4.78 is 8.02. The molecule has 0 spiro atoms. The zero-order chi connectivity index (χ0) is 8.85. The van der Waals surface area contributed by atoms with Crippen molar-refractivity contribution in [2.24, 2.45) is 0 Å². The maximum atomic E-state index is 10.6. The number of aliphatic hydroxyl groups excluding tert-OH is 1. The number of esters is 1. The Kier molecular flexibility index (Phi) is 4.21. The second kappa shape index (κ2) is 4.68. The van der Waals surface area contributed by atoms with Gasteiger partial charge in [0.05, 0.1) is 7.11 Å². The van der Waals surface area contributed by atoms with Crippen molar-refractivity contribution in [3.05, 3.63) is 0 Å². The molecule has 5 nitrogen and oxygen atoms in total. The van der Waals surface area contributed by atoms with Gasteiger partial charge in [-0.05, 0) is 6.42 Å². The van der Waals surface area contributed by atoms with Crippen molar-refractivity contribution in [3.63, 3.8) is 0 Å². The van der Waals surface area contributed by atoms with Crippen molar-refractivity contribution in [2.45, 2.75) is 19.4 Å². The fraction of sp³-hybridized carbons (Fsp3) is 0.667. The molecule has 11 heavy (non-hydrogen) atoms. The van der Waals surface area contributed by atoms with Crippen molar-refractivity contribution in [2.75, 3.05) is 7.11 Å². The molecule has 0 aromatic heterocycles.